The zero-order valence-corrected chi connectivity index (χ0v) is 17.7. The molecule has 0 spiro atoms. The highest BCUT2D eigenvalue weighted by Crippen LogP contribution is 2.14. The molecule has 2 saturated heterocycles. The van der Waals surface area contributed by atoms with E-state index in [0.717, 1.165) is 44.2 Å². The predicted molar refractivity (Wildman–Crippen MR) is 113 cm³/mol. The van der Waals surface area contributed by atoms with Gasteiger partial charge in [0.1, 0.15) is 0 Å². The molecule has 2 fully saturated rings. The number of amides is 2. The van der Waals surface area contributed by atoms with Gasteiger partial charge in [-0.15, -0.1) is 11.8 Å². The fourth-order valence-corrected chi connectivity index (χ4v) is 4.39. The molecule has 0 atom stereocenters. The number of thioether (sulfide) groups is 1. The summed E-state index contributed by atoms with van der Waals surface area (Å²) >= 11 is 7.37. The molecule has 0 radical (unpaired) electrons. The minimum absolute atomic E-state index is 0.103. The molecule has 1 aromatic rings. The van der Waals surface area contributed by atoms with Crippen molar-refractivity contribution in [3.8, 4) is 0 Å². The molecule has 2 aliphatic rings. The van der Waals surface area contributed by atoms with Crippen LogP contribution in [0.4, 0.5) is 0 Å². The summed E-state index contributed by atoms with van der Waals surface area (Å²) in [4.78, 5) is 30.8. The van der Waals surface area contributed by atoms with Crippen molar-refractivity contribution in [1.29, 1.82) is 0 Å². The number of hydrogen-bond acceptors (Lipinski definition) is 5. The highest BCUT2D eigenvalue weighted by Gasteiger charge is 2.21. The highest BCUT2D eigenvalue weighted by atomic mass is 35.5. The van der Waals surface area contributed by atoms with Gasteiger partial charge in [-0.2, -0.15) is 0 Å². The normalized spacial score (nSPS) is 18.8. The van der Waals surface area contributed by atoms with E-state index >= 15 is 0 Å². The molecule has 2 amide bonds. The fraction of sp³-hybridized carbons (Fsp3) is 0.600. The smallest absolute Gasteiger partial charge is 0.232 e. The van der Waals surface area contributed by atoms with Gasteiger partial charge in [0.05, 0.1) is 24.7 Å². The summed E-state index contributed by atoms with van der Waals surface area (Å²) in [5.41, 5.74) is 1.24. The van der Waals surface area contributed by atoms with Crippen molar-refractivity contribution >= 4 is 35.2 Å². The zero-order chi connectivity index (χ0) is 19.8. The Morgan fingerprint density at radius 2 is 1.54 bits per heavy atom. The van der Waals surface area contributed by atoms with Gasteiger partial charge in [-0.3, -0.25) is 14.5 Å². The van der Waals surface area contributed by atoms with Crippen LogP contribution >= 0.6 is 23.4 Å². The number of benzene rings is 1. The molecule has 0 N–H and O–H groups in total. The van der Waals surface area contributed by atoms with E-state index in [1.165, 1.54) is 17.3 Å². The first-order chi connectivity index (χ1) is 13.6. The van der Waals surface area contributed by atoms with Crippen molar-refractivity contribution < 1.29 is 14.3 Å². The van der Waals surface area contributed by atoms with Gasteiger partial charge in [0.25, 0.3) is 0 Å². The van der Waals surface area contributed by atoms with Gasteiger partial charge in [0.15, 0.2) is 0 Å². The summed E-state index contributed by atoms with van der Waals surface area (Å²) in [6.45, 7) is 6.78. The Hall–Kier alpha value is -1.28. The van der Waals surface area contributed by atoms with Crippen LogP contribution in [-0.4, -0.2) is 90.5 Å². The lowest BCUT2D eigenvalue weighted by Crippen LogP contribution is -2.42. The number of halogens is 1. The lowest BCUT2D eigenvalue weighted by Gasteiger charge is -2.27. The average Bonchev–Trinajstić information content (AvgIpc) is 2.96. The van der Waals surface area contributed by atoms with Crippen molar-refractivity contribution in [2.45, 2.75) is 13.0 Å². The van der Waals surface area contributed by atoms with Gasteiger partial charge in [0.2, 0.25) is 11.8 Å². The third-order valence-corrected chi connectivity index (χ3v) is 6.23. The summed E-state index contributed by atoms with van der Waals surface area (Å²) in [5, 5.41) is 0.751. The maximum Gasteiger partial charge on any atom is 0.232 e. The van der Waals surface area contributed by atoms with Gasteiger partial charge < -0.3 is 14.5 Å². The van der Waals surface area contributed by atoms with Gasteiger partial charge in [-0.05, 0) is 24.1 Å². The second-order valence-electron chi connectivity index (χ2n) is 7.12. The molecule has 0 aromatic heterocycles. The Bertz CT molecular complexity index is 653. The molecule has 154 valence electrons. The Balaban J connectivity index is 1.37. The predicted octanol–water partition coefficient (Wildman–Crippen LogP) is 1.97. The molecular weight excluding hydrogens is 398 g/mol. The minimum atomic E-state index is 0.103. The Morgan fingerprint density at radius 3 is 2.21 bits per heavy atom. The van der Waals surface area contributed by atoms with E-state index in [-0.39, 0.29) is 11.8 Å². The van der Waals surface area contributed by atoms with Crippen molar-refractivity contribution in [3.63, 3.8) is 0 Å². The fourth-order valence-electron chi connectivity index (χ4n) is 3.45. The molecule has 0 unspecified atom stereocenters. The quantitative estimate of drug-likeness (QED) is 0.697. The van der Waals surface area contributed by atoms with Crippen LogP contribution < -0.4 is 0 Å². The molecule has 6 nitrogen and oxygen atoms in total. The molecule has 2 aliphatic heterocycles. The topological polar surface area (TPSA) is 53.1 Å². The molecule has 0 aliphatic carbocycles. The first kappa shape index (κ1) is 21.4. The van der Waals surface area contributed by atoms with Crippen LogP contribution in [0.1, 0.15) is 12.0 Å². The number of morpholine rings is 1. The second-order valence-corrected chi connectivity index (χ2v) is 8.54. The van der Waals surface area contributed by atoms with E-state index in [9.17, 15) is 9.59 Å². The van der Waals surface area contributed by atoms with Crippen LogP contribution in [-0.2, 0) is 20.9 Å². The standard InChI is InChI=1S/C20H28ClN3O3S/c21-18-4-2-17(3-5-18)14-22-6-1-7-23(9-8-22)19(25)15-28-16-20(26)24-10-12-27-13-11-24/h2-5H,1,6-16H2. The Kier molecular flexibility index (Phi) is 8.45. The molecule has 1 aromatic carbocycles. The van der Waals surface area contributed by atoms with Gasteiger partial charge in [-0.1, -0.05) is 23.7 Å². The third kappa shape index (κ3) is 6.65. The second kappa shape index (κ2) is 11.0. The van der Waals surface area contributed by atoms with Gasteiger partial charge in [0, 0.05) is 50.8 Å². The van der Waals surface area contributed by atoms with Gasteiger partial charge >= 0.3 is 0 Å². The molecule has 28 heavy (non-hydrogen) atoms. The van der Waals surface area contributed by atoms with Crippen LogP contribution in [0.3, 0.4) is 0 Å². The van der Waals surface area contributed by atoms with E-state index < -0.39 is 0 Å². The lowest BCUT2D eigenvalue weighted by atomic mass is 10.2. The van der Waals surface area contributed by atoms with E-state index in [1.807, 2.05) is 21.9 Å². The van der Waals surface area contributed by atoms with E-state index in [0.29, 0.717) is 37.8 Å². The van der Waals surface area contributed by atoms with E-state index in [1.54, 1.807) is 0 Å². The van der Waals surface area contributed by atoms with Crippen LogP contribution in [0.5, 0.6) is 0 Å². The van der Waals surface area contributed by atoms with Crippen molar-refractivity contribution in [3.05, 3.63) is 34.9 Å². The molecule has 8 heteroatoms. The molecule has 0 saturated carbocycles. The van der Waals surface area contributed by atoms with Crippen molar-refractivity contribution in [2.24, 2.45) is 0 Å². The van der Waals surface area contributed by atoms with E-state index in [4.69, 9.17) is 16.3 Å². The van der Waals surface area contributed by atoms with Crippen LogP contribution in [0, 0.1) is 0 Å². The number of carbonyl (C=O) groups excluding carboxylic acids is 2. The van der Waals surface area contributed by atoms with Crippen LogP contribution in [0.15, 0.2) is 24.3 Å². The van der Waals surface area contributed by atoms with Crippen molar-refractivity contribution in [1.82, 2.24) is 14.7 Å². The number of rotatable bonds is 6. The molecular formula is C20H28ClN3O3S. The first-order valence-electron chi connectivity index (χ1n) is 9.79. The summed E-state index contributed by atoms with van der Waals surface area (Å²) in [5.74, 6) is 0.967. The maximum atomic E-state index is 12.5. The number of nitrogens with zero attached hydrogens (tertiary/aromatic N) is 3. The number of carbonyl (C=O) groups is 2. The lowest BCUT2D eigenvalue weighted by molar-refractivity contribution is -0.132. The Morgan fingerprint density at radius 1 is 0.893 bits per heavy atom. The molecule has 0 bridgehead atoms. The SMILES string of the molecule is O=C(CSCC(=O)N1CCCN(Cc2ccc(Cl)cc2)CC1)N1CCOCC1. The number of ether oxygens (including phenoxy) is 1. The molecule has 2 heterocycles. The maximum absolute atomic E-state index is 12.5. The van der Waals surface area contributed by atoms with E-state index in [2.05, 4.69) is 17.0 Å². The molecule has 3 rings (SSSR count). The van der Waals surface area contributed by atoms with Crippen molar-refractivity contribution in [2.75, 3.05) is 64.0 Å². The third-order valence-electron chi connectivity index (χ3n) is 5.08. The summed E-state index contributed by atoms with van der Waals surface area (Å²) < 4.78 is 5.26. The average molecular weight is 426 g/mol. The monoisotopic (exact) mass is 425 g/mol. The number of hydrogen-bond donors (Lipinski definition) is 0. The summed E-state index contributed by atoms with van der Waals surface area (Å²) in [6, 6.07) is 7.94. The summed E-state index contributed by atoms with van der Waals surface area (Å²) in [7, 11) is 0. The highest BCUT2D eigenvalue weighted by molar-refractivity contribution is 8.00. The first-order valence-corrected chi connectivity index (χ1v) is 11.3. The van der Waals surface area contributed by atoms with Gasteiger partial charge in [-0.25, -0.2) is 0 Å². The van der Waals surface area contributed by atoms with Crippen LogP contribution in [0.25, 0.3) is 0 Å². The van der Waals surface area contributed by atoms with Crippen LogP contribution in [0.2, 0.25) is 5.02 Å². The largest absolute Gasteiger partial charge is 0.378 e. The Labute approximate surface area is 176 Å². The minimum Gasteiger partial charge on any atom is -0.378 e. The zero-order valence-electron chi connectivity index (χ0n) is 16.1. The summed E-state index contributed by atoms with van der Waals surface area (Å²) in [6.07, 6.45) is 0.969.